The lowest BCUT2D eigenvalue weighted by Gasteiger charge is -2.23. The first-order chi connectivity index (χ1) is 15.6. The number of amides is 1. The van der Waals surface area contributed by atoms with Gasteiger partial charge in [-0.3, -0.25) is 9.59 Å². The maximum Gasteiger partial charge on any atom is 0.264 e. The molecule has 0 spiro atoms. The summed E-state index contributed by atoms with van der Waals surface area (Å²) in [6, 6.07) is 24.5. The summed E-state index contributed by atoms with van der Waals surface area (Å²) >= 11 is 0. The van der Waals surface area contributed by atoms with Crippen molar-refractivity contribution in [2.75, 3.05) is 11.4 Å². The monoisotopic (exact) mass is 423 g/mol. The number of aliphatic hydroxyl groups is 1. The van der Waals surface area contributed by atoms with E-state index in [1.807, 2.05) is 18.2 Å². The van der Waals surface area contributed by atoms with Crippen molar-refractivity contribution < 1.29 is 14.7 Å². The first kappa shape index (κ1) is 20.4. The molecule has 0 fully saturated rings. The van der Waals surface area contributed by atoms with Crippen molar-refractivity contribution in [1.82, 2.24) is 0 Å². The molecule has 2 aliphatic rings. The third kappa shape index (κ3) is 3.47. The Hall–Kier alpha value is -3.50. The summed E-state index contributed by atoms with van der Waals surface area (Å²) in [4.78, 5) is 27.9. The first-order valence-corrected chi connectivity index (χ1v) is 11.1. The molecule has 1 atom stereocenters. The molecule has 5 rings (SSSR count). The van der Waals surface area contributed by atoms with Crippen molar-refractivity contribution in [3.8, 4) is 0 Å². The van der Waals surface area contributed by atoms with E-state index in [1.165, 1.54) is 16.7 Å². The maximum atomic E-state index is 13.4. The molecule has 0 radical (unpaired) electrons. The lowest BCUT2D eigenvalue weighted by Crippen LogP contribution is -2.42. The van der Waals surface area contributed by atoms with Crippen molar-refractivity contribution in [3.05, 3.63) is 107 Å². The average Bonchev–Trinajstić information content (AvgIpc) is 3.33. The Bertz CT molecular complexity index is 1210. The van der Waals surface area contributed by atoms with Gasteiger partial charge in [-0.05, 0) is 42.0 Å². The number of carbonyl (C=O) groups excluding carboxylic acids is 2. The van der Waals surface area contributed by atoms with Gasteiger partial charge in [0.2, 0.25) is 0 Å². The van der Waals surface area contributed by atoms with E-state index in [-0.39, 0.29) is 12.2 Å². The highest BCUT2D eigenvalue weighted by atomic mass is 16.3. The largest absolute Gasteiger partial charge is 0.375 e. The second kappa shape index (κ2) is 8.21. The van der Waals surface area contributed by atoms with Crippen LogP contribution in [0, 0.1) is 0 Å². The van der Waals surface area contributed by atoms with Crippen molar-refractivity contribution in [3.63, 3.8) is 0 Å². The van der Waals surface area contributed by atoms with Gasteiger partial charge in [0.25, 0.3) is 5.91 Å². The highest BCUT2D eigenvalue weighted by Gasteiger charge is 2.50. The van der Waals surface area contributed by atoms with Crippen LogP contribution < -0.4 is 4.90 Å². The first-order valence-electron chi connectivity index (χ1n) is 11.1. The molecule has 3 aromatic carbocycles. The van der Waals surface area contributed by atoms with Crippen LogP contribution in [0.15, 0.2) is 84.9 Å². The summed E-state index contributed by atoms with van der Waals surface area (Å²) in [7, 11) is 0. The number of carbonyl (C=O) groups is 2. The Morgan fingerprint density at radius 3 is 2.50 bits per heavy atom. The normalized spacial score (nSPS) is 19.0. The van der Waals surface area contributed by atoms with Gasteiger partial charge in [-0.2, -0.15) is 0 Å². The number of ketones is 1. The van der Waals surface area contributed by atoms with Gasteiger partial charge in [0.15, 0.2) is 11.4 Å². The molecule has 0 saturated heterocycles. The Labute approximate surface area is 187 Å². The smallest absolute Gasteiger partial charge is 0.264 e. The van der Waals surface area contributed by atoms with Crippen LogP contribution in [0.1, 0.15) is 46.3 Å². The summed E-state index contributed by atoms with van der Waals surface area (Å²) in [6.07, 6.45) is 4.60. The van der Waals surface area contributed by atoms with Crippen LogP contribution in [0.5, 0.6) is 0 Å². The zero-order chi connectivity index (χ0) is 22.1. The van der Waals surface area contributed by atoms with Gasteiger partial charge in [-0.1, -0.05) is 78.9 Å². The summed E-state index contributed by atoms with van der Waals surface area (Å²) in [5.74, 6) is -0.658. The molecule has 1 amide bonds. The Kier molecular flexibility index (Phi) is 5.24. The Morgan fingerprint density at radius 2 is 1.66 bits per heavy atom. The molecule has 1 aliphatic heterocycles. The fourth-order valence-electron chi connectivity index (χ4n) is 4.88. The molecule has 3 aromatic rings. The minimum Gasteiger partial charge on any atom is -0.375 e. The third-order valence-electron chi connectivity index (χ3n) is 6.51. The average molecular weight is 424 g/mol. The molecule has 0 bridgehead atoms. The van der Waals surface area contributed by atoms with Crippen molar-refractivity contribution in [2.45, 2.75) is 31.3 Å². The molecule has 1 N–H and O–H groups in total. The highest BCUT2D eigenvalue weighted by molar-refractivity contribution is 6.10. The van der Waals surface area contributed by atoms with Crippen LogP contribution in [0.2, 0.25) is 0 Å². The van der Waals surface area contributed by atoms with Crippen LogP contribution >= 0.6 is 0 Å². The van der Waals surface area contributed by atoms with E-state index in [4.69, 9.17) is 0 Å². The SMILES string of the molecule is O=C(C[C@]1(O)C(=O)N(CCCC2=CCc3ccccc32)c2ccccc21)c1ccccc1. The number of fused-ring (bicyclic) bond motifs is 2. The van der Waals surface area contributed by atoms with Crippen molar-refractivity contribution in [2.24, 2.45) is 0 Å². The second-order valence-electron chi connectivity index (χ2n) is 8.49. The fraction of sp³-hybridized carbons (Fsp3) is 0.214. The number of rotatable bonds is 7. The molecule has 1 heterocycles. The lowest BCUT2D eigenvalue weighted by molar-refractivity contribution is -0.135. The van der Waals surface area contributed by atoms with Gasteiger partial charge in [-0.25, -0.2) is 0 Å². The number of anilines is 1. The van der Waals surface area contributed by atoms with Gasteiger partial charge in [-0.15, -0.1) is 0 Å². The zero-order valence-corrected chi connectivity index (χ0v) is 17.8. The number of allylic oxidation sites excluding steroid dienone is 2. The molecule has 4 heteroatoms. The van der Waals surface area contributed by atoms with Crippen molar-refractivity contribution >= 4 is 23.0 Å². The van der Waals surface area contributed by atoms with Crippen LogP contribution in [-0.4, -0.2) is 23.3 Å². The standard InChI is InChI=1S/C28H25NO3/c30-26(22-10-2-1-3-11-22)19-28(32)24-14-6-7-15-25(24)29(27(28)31)18-8-12-21-17-16-20-9-4-5-13-23(20)21/h1-7,9-11,13-15,17,32H,8,12,16,18-19H2/t28-/m1/s1. The van der Waals surface area contributed by atoms with Gasteiger partial charge in [0.1, 0.15) is 0 Å². The quantitative estimate of drug-likeness (QED) is 0.549. The number of hydrogen-bond acceptors (Lipinski definition) is 3. The zero-order valence-electron chi connectivity index (χ0n) is 17.8. The van der Waals surface area contributed by atoms with E-state index in [0.717, 1.165) is 19.3 Å². The second-order valence-corrected chi connectivity index (χ2v) is 8.49. The van der Waals surface area contributed by atoms with E-state index in [1.54, 1.807) is 41.3 Å². The van der Waals surface area contributed by atoms with E-state index in [2.05, 4.69) is 30.3 Å². The lowest BCUT2D eigenvalue weighted by atomic mass is 9.88. The number of nitrogens with zero attached hydrogens (tertiary/aromatic N) is 1. The van der Waals surface area contributed by atoms with Crippen LogP contribution in [0.25, 0.3) is 5.57 Å². The van der Waals surface area contributed by atoms with Crippen molar-refractivity contribution in [1.29, 1.82) is 0 Å². The summed E-state index contributed by atoms with van der Waals surface area (Å²) in [5, 5.41) is 11.4. The number of para-hydroxylation sites is 1. The summed E-state index contributed by atoms with van der Waals surface area (Å²) < 4.78 is 0. The van der Waals surface area contributed by atoms with E-state index in [9.17, 15) is 14.7 Å². The minimum absolute atomic E-state index is 0.245. The topological polar surface area (TPSA) is 57.6 Å². The predicted molar refractivity (Wildman–Crippen MR) is 125 cm³/mol. The van der Waals surface area contributed by atoms with Gasteiger partial charge in [0, 0.05) is 17.7 Å². The highest BCUT2D eigenvalue weighted by Crippen LogP contribution is 2.43. The van der Waals surface area contributed by atoms with Crippen LogP contribution in [0.3, 0.4) is 0 Å². The molecule has 0 unspecified atom stereocenters. The molecular formula is C28H25NO3. The molecule has 0 aromatic heterocycles. The van der Waals surface area contributed by atoms with E-state index in [0.29, 0.717) is 23.4 Å². The summed E-state index contributed by atoms with van der Waals surface area (Å²) in [6.45, 7) is 0.497. The minimum atomic E-state index is -1.83. The van der Waals surface area contributed by atoms with Crippen LogP contribution in [0.4, 0.5) is 5.69 Å². The van der Waals surface area contributed by atoms with Gasteiger partial charge >= 0.3 is 0 Å². The predicted octanol–water partition coefficient (Wildman–Crippen LogP) is 4.91. The van der Waals surface area contributed by atoms with E-state index >= 15 is 0 Å². The molecule has 32 heavy (non-hydrogen) atoms. The summed E-state index contributed by atoms with van der Waals surface area (Å²) in [5.41, 5.74) is 3.83. The maximum absolute atomic E-state index is 13.4. The van der Waals surface area contributed by atoms with Gasteiger partial charge in [0.05, 0.1) is 12.1 Å². The Morgan fingerprint density at radius 1 is 0.938 bits per heavy atom. The molecule has 1 aliphatic carbocycles. The van der Waals surface area contributed by atoms with Gasteiger partial charge < -0.3 is 10.0 Å². The van der Waals surface area contributed by atoms with E-state index < -0.39 is 11.5 Å². The third-order valence-corrected chi connectivity index (χ3v) is 6.51. The fourth-order valence-corrected chi connectivity index (χ4v) is 4.88. The number of hydrogen-bond donors (Lipinski definition) is 1. The van der Waals surface area contributed by atoms with Crippen LogP contribution in [-0.2, 0) is 16.8 Å². The number of benzene rings is 3. The Balaban J connectivity index is 1.33. The molecule has 4 nitrogen and oxygen atoms in total. The molecule has 0 saturated carbocycles. The molecule has 160 valence electrons. The number of Topliss-reactive ketones (excluding diaryl/α,β-unsaturated/α-hetero) is 1. The molecular weight excluding hydrogens is 398 g/mol.